The lowest BCUT2D eigenvalue weighted by Crippen LogP contribution is -2.38. The second kappa shape index (κ2) is 8.79. The quantitative estimate of drug-likeness (QED) is 0.222. The lowest BCUT2D eigenvalue weighted by Gasteiger charge is -2.27. The van der Waals surface area contributed by atoms with Gasteiger partial charge >= 0.3 is 0 Å². The number of nitrogens with zero attached hydrogens (tertiary/aromatic N) is 1. The maximum absolute atomic E-state index is 12.0. The number of unbranched alkanes of at least 4 members (excludes halogenated alkanes) is 2. The molecular formula is C11H21NO8P-. The molecule has 1 amide bonds. The predicted octanol–water partition coefficient (Wildman–Crippen LogP) is -0.525. The van der Waals surface area contributed by atoms with Crippen LogP contribution in [-0.2, 0) is 18.6 Å². The molecule has 0 aromatic rings. The first-order chi connectivity index (χ1) is 9.89. The zero-order valence-corrected chi connectivity index (χ0v) is 12.5. The topological polar surface area (TPSA) is 140 Å². The molecule has 124 valence electrons. The summed E-state index contributed by atoms with van der Waals surface area (Å²) in [5.74, 6) is -0.205. The van der Waals surface area contributed by atoms with Crippen molar-refractivity contribution >= 4 is 13.7 Å². The van der Waals surface area contributed by atoms with Gasteiger partial charge in [-0.2, -0.15) is 4.67 Å². The molecule has 0 saturated carbocycles. The lowest BCUT2D eigenvalue weighted by molar-refractivity contribution is -0.283. The molecule has 0 aromatic heterocycles. The van der Waals surface area contributed by atoms with Crippen molar-refractivity contribution in [3.05, 3.63) is 0 Å². The molecule has 0 bridgehead atoms. The van der Waals surface area contributed by atoms with Crippen LogP contribution < -0.4 is 4.89 Å². The Kier molecular flexibility index (Phi) is 7.75. The van der Waals surface area contributed by atoms with E-state index in [1.54, 1.807) is 0 Å². The number of hydrogen-bond acceptors (Lipinski definition) is 8. The van der Waals surface area contributed by atoms with Crippen LogP contribution in [-0.4, -0.2) is 58.2 Å². The minimum atomic E-state index is -4.77. The van der Waals surface area contributed by atoms with E-state index in [-0.39, 0.29) is 38.5 Å². The Labute approximate surface area is 122 Å². The van der Waals surface area contributed by atoms with Gasteiger partial charge in [0.2, 0.25) is 5.91 Å². The molecule has 0 aliphatic carbocycles. The number of rotatable bonds is 9. The number of likely N-dealkylation sites (tertiary alicyclic amines) is 1. The standard InChI is InChI=1S/C11H22NO8P/c13-5-3-1-2-4-11(15)12-7-10(14)6-9(12)8-19-21(17,18)20-16/h9-10,13-14,16H,1-8H2,(H,17,18)/p-1/t9-,10+/m0/s1. The van der Waals surface area contributed by atoms with Crippen molar-refractivity contribution in [3.8, 4) is 0 Å². The summed E-state index contributed by atoms with van der Waals surface area (Å²) < 4.78 is 18.5. The van der Waals surface area contributed by atoms with E-state index in [1.807, 2.05) is 0 Å². The number of aliphatic hydroxyl groups is 2. The number of carbonyl (C=O) groups is 1. The van der Waals surface area contributed by atoms with Crippen LogP contribution in [0.2, 0.25) is 0 Å². The molecule has 1 unspecified atom stereocenters. The van der Waals surface area contributed by atoms with Crippen LogP contribution in [0.1, 0.15) is 32.1 Å². The van der Waals surface area contributed by atoms with E-state index in [9.17, 15) is 19.4 Å². The molecule has 3 N–H and O–H groups in total. The number of β-amino-alcohol motifs (C(OH)–C–C–N with tert-alkyl or cyclic N) is 1. The van der Waals surface area contributed by atoms with Gasteiger partial charge in [0.05, 0.1) is 18.8 Å². The highest BCUT2D eigenvalue weighted by molar-refractivity contribution is 7.45. The van der Waals surface area contributed by atoms with Gasteiger partial charge in [-0.1, -0.05) is 6.42 Å². The van der Waals surface area contributed by atoms with Gasteiger partial charge in [-0.25, -0.2) is 5.26 Å². The summed E-state index contributed by atoms with van der Waals surface area (Å²) in [6.45, 7) is -0.177. The predicted molar refractivity (Wildman–Crippen MR) is 69.0 cm³/mol. The zero-order chi connectivity index (χ0) is 15.9. The van der Waals surface area contributed by atoms with Crippen molar-refractivity contribution in [1.29, 1.82) is 0 Å². The first-order valence-corrected chi connectivity index (χ1v) is 8.23. The SMILES string of the molecule is O=C(CCCCCO)N1C[C@H](O)C[C@H]1COP(=O)([O-])OO. The highest BCUT2D eigenvalue weighted by Gasteiger charge is 2.34. The number of aliphatic hydroxyl groups excluding tert-OH is 2. The average molecular weight is 326 g/mol. The molecule has 1 rings (SSSR count). The molecule has 0 spiro atoms. The highest BCUT2D eigenvalue weighted by atomic mass is 31.2. The van der Waals surface area contributed by atoms with Crippen molar-refractivity contribution in [2.75, 3.05) is 19.8 Å². The maximum atomic E-state index is 12.0. The summed E-state index contributed by atoms with van der Waals surface area (Å²) >= 11 is 0. The number of amides is 1. The van der Waals surface area contributed by atoms with Gasteiger partial charge in [0.1, 0.15) is 0 Å². The molecule has 0 aromatic carbocycles. The Morgan fingerprint density at radius 3 is 2.71 bits per heavy atom. The van der Waals surface area contributed by atoms with Crippen molar-refractivity contribution in [2.24, 2.45) is 0 Å². The van der Waals surface area contributed by atoms with Crippen molar-refractivity contribution < 1.29 is 38.9 Å². The third kappa shape index (κ3) is 6.39. The molecule has 1 heterocycles. The minimum Gasteiger partial charge on any atom is -0.754 e. The van der Waals surface area contributed by atoms with Gasteiger partial charge in [-0.3, -0.25) is 9.36 Å². The summed E-state index contributed by atoms with van der Waals surface area (Å²) in [5, 5.41) is 26.4. The van der Waals surface area contributed by atoms with Crippen LogP contribution in [0.15, 0.2) is 0 Å². The summed E-state index contributed by atoms with van der Waals surface area (Å²) in [7, 11) is -4.77. The fraction of sp³-hybridized carbons (Fsp3) is 0.909. The number of phosphoric ester groups is 1. The Hall–Kier alpha value is -0.540. The van der Waals surface area contributed by atoms with E-state index in [4.69, 9.17) is 10.4 Å². The second-order valence-electron chi connectivity index (χ2n) is 4.95. The minimum absolute atomic E-state index is 0.0764. The molecule has 3 atom stereocenters. The Morgan fingerprint density at radius 1 is 1.38 bits per heavy atom. The molecule has 1 fully saturated rings. The number of carbonyl (C=O) groups excluding carboxylic acids is 1. The molecular weight excluding hydrogens is 305 g/mol. The first-order valence-electron chi connectivity index (χ1n) is 6.76. The fourth-order valence-corrected chi connectivity index (χ4v) is 2.67. The molecule has 1 aliphatic heterocycles. The van der Waals surface area contributed by atoms with Crippen LogP contribution in [0, 0.1) is 0 Å². The monoisotopic (exact) mass is 326 g/mol. The van der Waals surface area contributed by atoms with Gasteiger partial charge in [-0.15, -0.1) is 0 Å². The molecule has 9 nitrogen and oxygen atoms in total. The van der Waals surface area contributed by atoms with Gasteiger partial charge in [0.15, 0.2) is 0 Å². The third-order valence-corrected chi connectivity index (χ3v) is 3.95. The van der Waals surface area contributed by atoms with Gasteiger partial charge in [-0.05, 0) is 19.3 Å². The Balaban J connectivity index is 2.46. The molecule has 0 radical (unpaired) electrons. The number of hydrogen-bond donors (Lipinski definition) is 3. The third-order valence-electron chi connectivity index (χ3n) is 3.29. The van der Waals surface area contributed by atoms with Crippen molar-refractivity contribution in [3.63, 3.8) is 0 Å². The first kappa shape index (κ1) is 18.5. The van der Waals surface area contributed by atoms with Crippen molar-refractivity contribution in [1.82, 2.24) is 4.90 Å². The largest absolute Gasteiger partial charge is 0.754 e. The van der Waals surface area contributed by atoms with E-state index in [1.165, 1.54) is 4.90 Å². The second-order valence-corrected chi connectivity index (χ2v) is 6.26. The summed E-state index contributed by atoms with van der Waals surface area (Å²) in [6, 6.07) is -0.581. The normalized spacial score (nSPS) is 25.0. The van der Waals surface area contributed by atoms with E-state index in [0.717, 1.165) is 0 Å². The van der Waals surface area contributed by atoms with Crippen LogP contribution >= 0.6 is 7.82 Å². The van der Waals surface area contributed by atoms with Crippen LogP contribution in [0.5, 0.6) is 0 Å². The lowest BCUT2D eigenvalue weighted by atomic mass is 10.1. The molecule has 21 heavy (non-hydrogen) atoms. The van der Waals surface area contributed by atoms with E-state index >= 15 is 0 Å². The zero-order valence-electron chi connectivity index (χ0n) is 11.6. The summed E-state index contributed by atoms with van der Waals surface area (Å²) in [5.41, 5.74) is 0. The van der Waals surface area contributed by atoms with Gasteiger partial charge in [0, 0.05) is 19.6 Å². The highest BCUT2D eigenvalue weighted by Crippen LogP contribution is 2.37. The molecule has 1 aliphatic rings. The van der Waals surface area contributed by atoms with Crippen LogP contribution in [0.25, 0.3) is 0 Å². The van der Waals surface area contributed by atoms with E-state index in [0.29, 0.717) is 19.3 Å². The van der Waals surface area contributed by atoms with Crippen LogP contribution in [0.3, 0.4) is 0 Å². The molecule has 1 saturated heterocycles. The molecule has 10 heteroatoms. The van der Waals surface area contributed by atoms with E-state index < -0.39 is 20.0 Å². The number of phosphoric acid groups is 1. The Morgan fingerprint density at radius 2 is 2.10 bits per heavy atom. The van der Waals surface area contributed by atoms with Gasteiger partial charge < -0.3 is 24.5 Å². The van der Waals surface area contributed by atoms with E-state index in [2.05, 4.69) is 9.20 Å². The summed E-state index contributed by atoms with van der Waals surface area (Å²) in [4.78, 5) is 24.3. The fourth-order valence-electron chi connectivity index (χ4n) is 2.26. The van der Waals surface area contributed by atoms with Crippen molar-refractivity contribution in [2.45, 2.75) is 44.2 Å². The summed E-state index contributed by atoms with van der Waals surface area (Å²) in [6.07, 6.45) is 1.67. The van der Waals surface area contributed by atoms with Crippen LogP contribution in [0.4, 0.5) is 0 Å². The Bertz CT molecular complexity index is 379. The maximum Gasteiger partial charge on any atom is 0.297 e. The smallest absolute Gasteiger partial charge is 0.297 e. The van der Waals surface area contributed by atoms with Gasteiger partial charge in [0.25, 0.3) is 7.82 Å². The average Bonchev–Trinajstić information content (AvgIpc) is 2.82.